The van der Waals surface area contributed by atoms with Gasteiger partial charge in [-0.15, -0.1) is 0 Å². The molecule has 0 bridgehead atoms. The maximum absolute atomic E-state index is 10.1. The largest absolute Gasteiger partial charge is 0.476 e. The number of rotatable bonds is 1. The first-order valence-electron chi connectivity index (χ1n) is 2.00. The highest BCUT2D eigenvalue weighted by Crippen LogP contribution is 2.21. The Morgan fingerprint density at radius 2 is 2.62 bits per heavy atom. The third-order valence-electron chi connectivity index (χ3n) is 0.682. The third kappa shape index (κ3) is 0.886. The summed E-state index contributed by atoms with van der Waals surface area (Å²) in [5.41, 5.74) is 0. The van der Waals surface area contributed by atoms with E-state index in [-0.39, 0.29) is 0 Å². The van der Waals surface area contributed by atoms with Crippen LogP contribution < -0.4 is 0 Å². The second kappa shape index (κ2) is 1.99. The first-order valence-corrected chi connectivity index (χ1v) is 2.81. The molecule has 1 rings (SSSR count). The van der Waals surface area contributed by atoms with Crippen LogP contribution in [0.5, 0.6) is 0 Å². The average Bonchev–Trinajstić information content (AvgIpc) is 2.12. The zero-order chi connectivity index (χ0) is 5.98. The molecule has 1 heterocycles. The van der Waals surface area contributed by atoms with Gasteiger partial charge >= 0.3 is 5.97 Å². The third-order valence-corrected chi connectivity index (χ3v) is 1.47. The van der Waals surface area contributed by atoms with Crippen LogP contribution in [0.2, 0.25) is 0 Å². The topological polar surface area (TPSA) is 37.3 Å². The Labute approximate surface area is 50.9 Å². The standard InChI is InChI=1S/C5H2O2S/c6-5(7)4-2-1-3-8-4/h1-2H/p+1. The molecule has 0 aliphatic carbocycles. The Morgan fingerprint density at radius 3 is 2.88 bits per heavy atom. The first kappa shape index (κ1) is 5.35. The normalized spacial score (nSPS) is 15.2. The maximum Gasteiger partial charge on any atom is 0.366 e. The lowest BCUT2D eigenvalue weighted by atomic mass is 10.5. The van der Waals surface area contributed by atoms with Crippen molar-refractivity contribution in [3.63, 3.8) is 0 Å². The van der Waals surface area contributed by atoms with Gasteiger partial charge in [-0.2, -0.15) is 0 Å². The van der Waals surface area contributed by atoms with E-state index in [0.717, 1.165) is 11.8 Å². The van der Waals surface area contributed by atoms with Crippen molar-refractivity contribution in [1.82, 2.24) is 0 Å². The molecule has 0 aromatic heterocycles. The Kier molecular flexibility index (Phi) is 1.33. The van der Waals surface area contributed by atoms with E-state index in [2.05, 4.69) is 5.41 Å². The van der Waals surface area contributed by atoms with Gasteiger partial charge in [-0.1, -0.05) is 0 Å². The van der Waals surface area contributed by atoms with Gasteiger partial charge in [-0.25, -0.2) is 4.79 Å². The summed E-state index contributed by atoms with van der Waals surface area (Å²) >= 11 is 1.11. The van der Waals surface area contributed by atoms with Crippen LogP contribution in [0.25, 0.3) is 0 Å². The van der Waals surface area contributed by atoms with Crippen molar-refractivity contribution in [1.29, 1.82) is 0 Å². The van der Waals surface area contributed by atoms with Crippen molar-refractivity contribution in [2.75, 3.05) is 0 Å². The lowest BCUT2D eigenvalue weighted by Gasteiger charge is -1.77. The van der Waals surface area contributed by atoms with E-state index in [1.54, 1.807) is 6.08 Å². The first-order chi connectivity index (χ1) is 3.80. The summed E-state index contributed by atoms with van der Waals surface area (Å²) in [7, 11) is 0. The minimum Gasteiger partial charge on any atom is -0.476 e. The number of carboxylic acids is 1. The summed E-state index contributed by atoms with van der Waals surface area (Å²) in [5.74, 6) is -0.878. The molecule has 1 aliphatic heterocycles. The minimum absolute atomic E-state index is 0.338. The number of allylic oxidation sites excluding steroid dienone is 2. The van der Waals surface area contributed by atoms with Crippen molar-refractivity contribution in [2.24, 2.45) is 0 Å². The molecular formula is C5H3O2S+. The fourth-order valence-electron chi connectivity index (χ4n) is 0.356. The summed E-state index contributed by atoms with van der Waals surface area (Å²) in [6, 6.07) is 0. The maximum atomic E-state index is 10.1. The van der Waals surface area contributed by atoms with Crippen molar-refractivity contribution in [3.8, 4) is 0 Å². The number of hydrogen-bond acceptors (Lipinski definition) is 2. The molecule has 3 heteroatoms. The van der Waals surface area contributed by atoms with Gasteiger partial charge in [0.1, 0.15) is 23.2 Å². The smallest absolute Gasteiger partial charge is 0.366 e. The molecule has 0 radical (unpaired) electrons. The van der Waals surface area contributed by atoms with Crippen LogP contribution in [-0.2, 0) is 4.79 Å². The molecule has 0 fully saturated rings. The molecule has 0 aromatic carbocycles. The minimum atomic E-state index is -0.878. The molecule has 2 nitrogen and oxygen atoms in total. The van der Waals surface area contributed by atoms with Gasteiger partial charge in [0.15, 0.2) is 6.08 Å². The molecule has 0 atom stereocenters. The molecule has 0 saturated heterocycles. The lowest BCUT2D eigenvalue weighted by Crippen LogP contribution is -1.92. The number of thioether (sulfide) groups is 1. The molecule has 0 amide bonds. The van der Waals surface area contributed by atoms with E-state index in [1.165, 1.54) is 6.08 Å². The van der Waals surface area contributed by atoms with Gasteiger partial charge in [0.05, 0.1) is 0 Å². The predicted octanol–water partition coefficient (Wildman–Crippen LogP) is 1.02. The van der Waals surface area contributed by atoms with E-state index in [9.17, 15) is 4.79 Å². The van der Waals surface area contributed by atoms with E-state index < -0.39 is 5.97 Å². The van der Waals surface area contributed by atoms with Crippen molar-refractivity contribution >= 4 is 17.7 Å². The van der Waals surface area contributed by atoms with Crippen LogP contribution in [0.15, 0.2) is 17.1 Å². The number of aliphatic carboxylic acids is 1. The molecule has 0 saturated carbocycles. The van der Waals surface area contributed by atoms with Crippen molar-refractivity contribution in [3.05, 3.63) is 22.5 Å². The summed E-state index contributed by atoms with van der Waals surface area (Å²) in [4.78, 5) is 10.4. The molecule has 40 valence electrons. The van der Waals surface area contributed by atoms with Crippen molar-refractivity contribution in [2.45, 2.75) is 0 Å². The van der Waals surface area contributed by atoms with Crippen LogP contribution in [0.1, 0.15) is 0 Å². The van der Waals surface area contributed by atoms with Crippen molar-refractivity contribution < 1.29 is 9.90 Å². The highest BCUT2D eigenvalue weighted by molar-refractivity contribution is 8.05. The SMILES string of the molecule is O=C(O)C1=CC=[C+]S1. The molecular weight excluding hydrogens is 124 g/mol. The number of carboxylic acid groups (broad SMARTS) is 1. The highest BCUT2D eigenvalue weighted by atomic mass is 32.2. The Morgan fingerprint density at radius 1 is 1.88 bits per heavy atom. The van der Waals surface area contributed by atoms with Gasteiger partial charge in [0.25, 0.3) is 0 Å². The average molecular weight is 127 g/mol. The quantitative estimate of drug-likeness (QED) is 0.534. The van der Waals surface area contributed by atoms with Gasteiger partial charge in [0.2, 0.25) is 4.91 Å². The van der Waals surface area contributed by atoms with E-state index in [4.69, 9.17) is 5.11 Å². The van der Waals surface area contributed by atoms with Crippen LogP contribution in [0.4, 0.5) is 0 Å². The Bertz CT molecular complexity index is 169. The van der Waals surface area contributed by atoms with Crippen LogP contribution >= 0.6 is 11.8 Å². The molecule has 1 aliphatic rings. The monoisotopic (exact) mass is 127 g/mol. The van der Waals surface area contributed by atoms with E-state index in [0.29, 0.717) is 4.91 Å². The van der Waals surface area contributed by atoms with Crippen LogP contribution in [0, 0.1) is 5.41 Å². The summed E-state index contributed by atoms with van der Waals surface area (Å²) in [6.07, 6.45) is 3.11. The molecule has 0 unspecified atom stereocenters. The predicted molar refractivity (Wildman–Crippen MR) is 31.1 cm³/mol. The molecule has 8 heavy (non-hydrogen) atoms. The van der Waals surface area contributed by atoms with E-state index in [1.807, 2.05) is 0 Å². The van der Waals surface area contributed by atoms with Gasteiger partial charge in [-0.05, 0) is 0 Å². The van der Waals surface area contributed by atoms with Gasteiger partial charge in [0, 0.05) is 0 Å². The van der Waals surface area contributed by atoms with Crippen LogP contribution in [0.3, 0.4) is 0 Å². The summed E-state index contributed by atoms with van der Waals surface area (Å²) in [5, 5.41) is 10.9. The number of carbonyl (C=O) groups is 1. The summed E-state index contributed by atoms with van der Waals surface area (Å²) < 4.78 is 0. The molecule has 1 N–H and O–H groups in total. The number of hydrogen-bond donors (Lipinski definition) is 1. The Hall–Kier alpha value is -0.790. The second-order valence-corrected chi connectivity index (χ2v) is 2.10. The fourth-order valence-corrected chi connectivity index (χ4v) is 0.843. The lowest BCUT2D eigenvalue weighted by molar-refractivity contribution is -0.131. The van der Waals surface area contributed by atoms with E-state index >= 15 is 0 Å². The van der Waals surface area contributed by atoms with Gasteiger partial charge < -0.3 is 5.11 Å². The molecule has 0 spiro atoms. The Balaban J connectivity index is 2.64. The zero-order valence-electron chi connectivity index (χ0n) is 3.92. The second-order valence-electron chi connectivity index (χ2n) is 1.22. The highest BCUT2D eigenvalue weighted by Gasteiger charge is 2.18. The fraction of sp³-hybridized carbons (Fsp3) is 0. The molecule has 0 aromatic rings. The zero-order valence-corrected chi connectivity index (χ0v) is 4.73. The summed E-state index contributed by atoms with van der Waals surface area (Å²) in [6.45, 7) is 0. The van der Waals surface area contributed by atoms with Crippen LogP contribution in [-0.4, -0.2) is 11.1 Å². The van der Waals surface area contributed by atoms with Gasteiger partial charge in [-0.3, -0.25) is 0 Å².